The molecule has 0 fully saturated rings. The smallest absolute Gasteiger partial charge is 0.379 e. The number of hydrogen-bond donors (Lipinski definition) is 1. The lowest BCUT2D eigenvalue weighted by Gasteiger charge is -2.28. The predicted octanol–water partition coefficient (Wildman–Crippen LogP) is 4.05. The Balaban J connectivity index is 2.42. The lowest BCUT2D eigenvalue weighted by molar-refractivity contribution is -0.173. The standard InChI is InChI=1S/C18H19F2NO3/c1-3-24-17(22)18(19,20)16(13-9-5-4-6-10-13)21-14-11-7-8-12-15(14)23-2/h4-12,16,21H,3H2,1-2H3. The summed E-state index contributed by atoms with van der Waals surface area (Å²) < 4.78 is 39.1. The Morgan fingerprint density at radius 1 is 1.12 bits per heavy atom. The highest BCUT2D eigenvalue weighted by Gasteiger charge is 2.50. The number of carbonyl (C=O) groups is 1. The van der Waals surface area contributed by atoms with E-state index in [4.69, 9.17) is 4.74 Å². The zero-order valence-electron chi connectivity index (χ0n) is 13.5. The molecule has 0 bridgehead atoms. The number of hydrogen-bond acceptors (Lipinski definition) is 4. The van der Waals surface area contributed by atoms with Crippen LogP contribution in [-0.4, -0.2) is 25.6 Å². The van der Waals surface area contributed by atoms with E-state index in [2.05, 4.69) is 10.1 Å². The molecule has 1 unspecified atom stereocenters. The van der Waals surface area contributed by atoms with Crippen LogP contribution in [0.4, 0.5) is 14.5 Å². The zero-order chi connectivity index (χ0) is 17.6. The van der Waals surface area contributed by atoms with Gasteiger partial charge in [-0.15, -0.1) is 0 Å². The van der Waals surface area contributed by atoms with E-state index in [0.717, 1.165) is 0 Å². The van der Waals surface area contributed by atoms with E-state index in [1.165, 1.54) is 26.2 Å². The van der Waals surface area contributed by atoms with Crippen molar-refractivity contribution < 1.29 is 23.0 Å². The van der Waals surface area contributed by atoms with Crippen LogP contribution in [0.2, 0.25) is 0 Å². The number of alkyl halides is 2. The number of rotatable bonds is 7. The van der Waals surface area contributed by atoms with Crippen LogP contribution in [0.25, 0.3) is 0 Å². The van der Waals surface area contributed by atoms with Gasteiger partial charge in [-0.2, -0.15) is 8.78 Å². The second kappa shape index (κ2) is 7.77. The van der Waals surface area contributed by atoms with Gasteiger partial charge < -0.3 is 14.8 Å². The normalized spacial score (nSPS) is 12.3. The van der Waals surface area contributed by atoms with Gasteiger partial charge in [-0.1, -0.05) is 42.5 Å². The van der Waals surface area contributed by atoms with Crippen molar-refractivity contribution in [3.63, 3.8) is 0 Å². The summed E-state index contributed by atoms with van der Waals surface area (Å²) in [6, 6.07) is 13.1. The highest BCUT2D eigenvalue weighted by Crippen LogP contribution is 2.37. The number of para-hydroxylation sites is 2. The molecule has 0 radical (unpaired) electrons. The number of carbonyl (C=O) groups excluding carboxylic acids is 1. The molecule has 0 aromatic heterocycles. The van der Waals surface area contributed by atoms with Crippen LogP contribution in [0, 0.1) is 0 Å². The fraction of sp³-hybridized carbons (Fsp3) is 0.278. The molecule has 0 aliphatic heterocycles. The van der Waals surface area contributed by atoms with Gasteiger partial charge in [-0.05, 0) is 24.6 Å². The second-order valence-electron chi connectivity index (χ2n) is 5.03. The highest BCUT2D eigenvalue weighted by atomic mass is 19.3. The maximum absolute atomic E-state index is 14.7. The molecule has 0 saturated heterocycles. The van der Waals surface area contributed by atoms with E-state index in [1.807, 2.05) is 0 Å². The van der Waals surface area contributed by atoms with Crippen molar-refractivity contribution in [1.29, 1.82) is 0 Å². The van der Waals surface area contributed by atoms with Gasteiger partial charge >= 0.3 is 11.9 Å². The molecule has 0 aliphatic rings. The average Bonchev–Trinajstić information content (AvgIpc) is 2.60. The van der Waals surface area contributed by atoms with E-state index >= 15 is 0 Å². The van der Waals surface area contributed by atoms with Gasteiger partial charge in [0, 0.05) is 0 Å². The number of nitrogens with one attached hydrogen (secondary N) is 1. The Morgan fingerprint density at radius 2 is 1.75 bits per heavy atom. The maximum atomic E-state index is 14.7. The third kappa shape index (κ3) is 3.82. The predicted molar refractivity (Wildman–Crippen MR) is 87.4 cm³/mol. The molecule has 2 aromatic carbocycles. The van der Waals surface area contributed by atoms with E-state index in [9.17, 15) is 13.6 Å². The molecule has 0 aliphatic carbocycles. The first kappa shape index (κ1) is 17.7. The first-order valence-corrected chi connectivity index (χ1v) is 7.50. The van der Waals surface area contributed by atoms with Crippen molar-refractivity contribution in [1.82, 2.24) is 0 Å². The van der Waals surface area contributed by atoms with Crippen molar-refractivity contribution in [2.45, 2.75) is 18.9 Å². The van der Waals surface area contributed by atoms with Crippen LogP contribution in [0.5, 0.6) is 5.75 Å². The monoisotopic (exact) mass is 335 g/mol. The minimum Gasteiger partial charge on any atom is -0.495 e. The third-order valence-corrected chi connectivity index (χ3v) is 3.45. The molecule has 2 rings (SSSR count). The Labute approximate surface area is 139 Å². The first-order valence-electron chi connectivity index (χ1n) is 7.50. The Kier molecular flexibility index (Phi) is 5.73. The van der Waals surface area contributed by atoms with E-state index in [1.54, 1.807) is 42.5 Å². The first-order chi connectivity index (χ1) is 11.5. The second-order valence-corrected chi connectivity index (χ2v) is 5.03. The summed E-state index contributed by atoms with van der Waals surface area (Å²) in [4.78, 5) is 11.8. The van der Waals surface area contributed by atoms with Gasteiger partial charge in [0.15, 0.2) is 0 Å². The van der Waals surface area contributed by atoms with Crippen molar-refractivity contribution >= 4 is 11.7 Å². The molecule has 24 heavy (non-hydrogen) atoms. The zero-order valence-corrected chi connectivity index (χ0v) is 13.5. The van der Waals surface area contributed by atoms with Crippen LogP contribution >= 0.6 is 0 Å². The molecule has 2 aromatic rings. The Bertz CT molecular complexity index is 677. The van der Waals surface area contributed by atoms with Gasteiger partial charge in [-0.25, -0.2) is 4.79 Å². The third-order valence-electron chi connectivity index (χ3n) is 3.45. The average molecular weight is 335 g/mol. The van der Waals surface area contributed by atoms with E-state index in [-0.39, 0.29) is 12.2 Å². The molecule has 1 N–H and O–H groups in total. The number of anilines is 1. The number of ether oxygens (including phenoxy) is 2. The highest BCUT2D eigenvalue weighted by molar-refractivity contribution is 5.80. The van der Waals surface area contributed by atoms with Crippen molar-refractivity contribution in [3.05, 3.63) is 60.2 Å². The van der Waals surface area contributed by atoms with Crippen LogP contribution < -0.4 is 10.1 Å². The maximum Gasteiger partial charge on any atom is 0.379 e. The molecule has 0 spiro atoms. The molecular formula is C18H19F2NO3. The number of methoxy groups -OCH3 is 1. The van der Waals surface area contributed by atoms with E-state index < -0.39 is 17.9 Å². The number of benzene rings is 2. The fourth-order valence-electron chi connectivity index (χ4n) is 2.29. The molecular weight excluding hydrogens is 316 g/mol. The summed E-state index contributed by atoms with van der Waals surface area (Å²) in [5.74, 6) is -4.92. The van der Waals surface area contributed by atoms with Crippen molar-refractivity contribution in [2.24, 2.45) is 0 Å². The SMILES string of the molecule is CCOC(=O)C(F)(F)C(Nc1ccccc1OC)c1ccccc1. The summed E-state index contributed by atoms with van der Waals surface area (Å²) in [5, 5.41) is 2.72. The summed E-state index contributed by atoms with van der Waals surface area (Å²) in [6.07, 6.45) is 0. The minimum atomic E-state index is -3.75. The van der Waals surface area contributed by atoms with Gasteiger partial charge in [0.05, 0.1) is 19.4 Å². The summed E-state index contributed by atoms with van der Waals surface area (Å²) in [5.41, 5.74) is 0.624. The van der Waals surface area contributed by atoms with Gasteiger partial charge in [-0.3, -0.25) is 0 Å². The molecule has 0 amide bonds. The summed E-state index contributed by atoms with van der Waals surface area (Å²) in [6.45, 7) is 1.36. The van der Waals surface area contributed by atoms with Crippen LogP contribution in [0.1, 0.15) is 18.5 Å². The van der Waals surface area contributed by atoms with Crippen LogP contribution in [-0.2, 0) is 9.53 Å². The molecule has 0 heterocycles. The quantitative estimate of drug-likeness (QED) is 0.776. The number of esters is 1. The topological polar surface area (TPSA) is 47.6 Å². The molecule has 6 heteroatoms. The van der Waals surface area contributed by atoms with Crippen molar-refractivity contribution in [3.8, 4) is 5.75 Å². The lowest BCUT2D eigenvalue weighted by atomic mass is 10.00. The van der Waals surface area contributed by atoms with Gasteiger partial charge in [0.1, 0.15) is 11.8 Å². The van der Waals surface area contributed by atoms with Crippen LogP contribution in [0.3, 0.4) is 0 Å². The Morgan fingerprint density at radius 3 is 2.38 bits per heavy atom. The Hall–Kier alpha value is -2.63. The molecule has 4 nitrogen and oxygen atoms in total. The molecule has 128 valence electrons. The largest absolute Gasteiger partial charge is 0.495 e. The summed E-state index contributed by atoms with van der Waals surface area (Å²) in [7, 11) is 1.45. The van der Waals surface area contributed by atoms with Gasteiger partial charge in [0.25, 0.3) is 0 Å². The molecule has 0 saturated carbocycles. The minimum absolute atomic E-state index is 0.120. The number of halogens is 2. The van der Waals surface area contributed by atoms with Crippen molar-refractivity contribution in [2.75, 3.05) is 19.0 Å². The lowest BCUT2D eigenvalue weighted by Crippen LogP contribution is -2.41. The molecule has 1 atom stereocenters. The van der Waals surface area contributed by atoms with E-state index in [0.29, 0.717) is 11.4 Å². The van der Waals surface area contributed by atoms with Crippen LogP contribution in [0.15, 0.2) is 54.6 Å². The fourth-order valence-corrected chi connectivity index (χ4v) is 2.29. The van der Waals surface area contributed by atoms with Gasteiger partial charge in [0.2, 0.25) is 0 Å². The summed E-state index contributed by atoms with van der Waals surface area (Å²) >= 11 is 0.